The summed E-state index contributed by atoms with van der Waals surface area (Å²) in [6.07, 6.45) is -2.92. The molecule has 0 unspecified atom stereocenters. The van der Waals surface area contributed by atoms with Gasteiger partial charge in [0.2, 0.25) is 0 Å². The molecule has 0 aliphatic carbocycles. The summed E-state index contributed by atoms with van der Waals surface area (Å²) < 4.78 is 40.7. The average molecular weight is 288 g/mol. The SMILES string of the molecule is FC(F)(F)c1ccccc1-n1nccc1-c1ccccc1. The first-order chi connectivity index (χ1) is 10.1. The Kier molecular flexibility index (Phi) is 3.25. The van der Waals surface area contributed by atoms with Gasteiger partial charge in [0, 0.05) is 5.56 Å². The zero-order chi connectivity index (χ0) is 14.9. The van der Waals surface area contributed by atoms with Crippen LogP contribution in [0.5, 0.6) is 0 Å². The van der Waals surface area contributed by atoms with Crippen LogP contribution in [0.4, 0.5) is 13.2 Å². The van der Waals surface area contributed by atoms with E-state index >= 15 is 0 Å². The highest BCUT2D eigenvalue weighted by Crippen LogP contribution is 2.35. The lowest BCUT2D eigenvalue weighted by molar-refractivity contribution is -0.137. The zero-order valence-electron chi connectivity index (χ0n) is 10.9. The summed E-state index contributed by atoms with van der Waals surface area (Å²) >= 11 is 0. The number of aromatic nitrogens is 2. The maximum absolute atomic E-state index is 13.1. The molecular formula is C16H11F3N2. The maximum Gasteiger partial charge on any atom is 0.418 e. The van der Waals surface area contributed by atoms with Crippen LogP contribution in [0, 0.1) is 0 Å². The van der Waals surface area contributed by atoms with E-state index in [1.807, 2.05) is 30.3 Å². The summed E-state index contributed by atoms with van der Waals surface area (Å²) in [5.74, 6) is 0. The molecule has 0 atom stereocenters. The van der Waals surface area contributed by atoms with E-state index in [2.05, 4.69) is 5.10 Å². The number of para-hydroxylation sites is 1. The molecule has 21 heavy (non-hydrogen) atoms. The zero-order valence-corrected chi connectivity index (χ0v) is 10.9. The molecule has 0 saturated heterocycles. The molecule has 0 bridgehead atoms. The Balaban J connectivity index is 2.18. The molecule has 1 heterocycles. The number of alkyl halides is 3. The van der Waals surface area contributed by atoms with Crippen molar-refractivity contribution in [1.82, 2.24) is 9.78 Å². The van der Waals surface area contributed by atoms with Crippen LogP contribution in [0.1, 0.15) is 5.56 Å². The van der Waals surface area contributed by atoms with Crippen LogP contribution in [0.25, 0.3) is 16.9 Å². The second kappa shape index (κ2) is 5.09. The van der Waals surface area contributed by atoms with Gasteiger partial charge in [0.05, 0.1) is 23.1 Å². The van der Waals surface area contributed by atoms with Crippen molar-refractivity contribution in [3.8, 4) is 16.9 Å². The van der Waals surface area contributed by atoms with Crippen molar-refractivity contribution in [3.63, 3.8) is 0 Å². The number of hydrogen-bond acceptors (Lipinski definition) is 1. The quantitative estimate of drug-likeness (QED) is 0.676. The third kappa shape index (κ3) is 2.54. The molecule has 0 spiro atoms. The van der Waals surface area contributed by atoms with Crippen molar-refractivity contribution in [3.05, 3.63) is 72.4 Å². The standard InChI is InChI=1S/C16H11F3N2/c17-16(18,19)13-8-4-5-9-15(13)21-14(10-11-20-21)12-6-2-1-3-7-12/h1-11H. The monoisotopic (exact) mass is 288 g/mol. The van der Waals surface area contributed by atoms with Crippen LogP contribution < -0.4 is 0 Å². The van der Waals surface area contributed by atoms with E-state index in [1.54, 1.807) is 12.1 Å². The lowest BCUT2D eigenvalue weighted by Gasteiger charge is -2.14. The van der Waals surface area contributed by atoms with Gasteiger partial charge in [-0.05, 0) is 18.2 Å². The number of halogens is 3. The summed E-state index contributed by atoms with van der Waals surface area (Å²) in [5.41, 5.74) is 0.749. The number of hydrogen-bond donors (Lipinski definition) is 0. The fourth-order valence-corrected chi connectivity index (χ4v) is 2.22. The summed E-state index contributed by atoms with van der Waals surface area (Å²) in [7, 11) is 0. The molecule has 3 aromatic rings. The highest BCUT2D eigenvalue weighted by Gasteiger charge is 2.34. The highest BCUT2D eigenvalue weighted by molar-refractivity contribution is 5.62. The van der Waals surface area contributed by atoms with E-state index in [-0.39, 0.29) is 5.69 Å². The summed E-state index contributed by atoms with van der Waals surface area (Å²) in [6, 6.07) is 16.3. The van der Waals surface area contributed by atoms with Crippen molar-refractivity contribution >= 4 is 0 Å². The van der Waals surface area contributed by atoms with Gasteiger partial charge >= 0.3 is 6.18 Å². The molecule has 0 aliphatic rings. The smallest absolute Gasteiger partial charge is 0.232 e. The first-order valence-electron chi connectivity index (χ1n) is 6.33. The predicted molar refractivity (Wildman–Crippen MR) is 74.0 cm³/mol. The Morgan fingerprint density at radius 3 is 2.19 bits per heavy atom. The maximum atomic E-state index is 13.1. The third-order valence-corrected chi connectivity index (χ3v) is 3.15. The fraction of sp³-hybridized carbons (Fsp3) is 0.0625. The van der Waals surface area contributed by atoms with E-state index in [9.17, 15) is 13.2 Å². The molecule has 3 rings (SSSR count). The second-order valence-electron chi connectivity index (χ2n) is 4.51. The Bertz CT molecular complexity index is 745. The lowest BCUT2D eigenvalue weighted by atomic mass is 10.1. The van der Waals surface area contributed by atoms with Crippen molar-refractivity contribution < 1.29 is 13.2 Å². The molecule has 1 aromatic heterocycles. The van der Waals surface area contributed by atoms with Gasteiger partial charge in [-0.1, -0.05) is 42.5 Å². The summed E-state index contributed by atoms with van der Waals surface area (Å²) in [6.45, 7) is 0. The van der Waals surface area contributed by atoms with Gasteiger partial charge in [-0.3, -0.25) is 0 Å². The third-order valence-electron chi connectivity index (χ3n) is 3.15. The summed E-state index contributed by atoms with van der Waals surface area (Å²) in [4.78, 5) is 0. The molecule has 0 amide bonds. The first-order valence-corrected chi connectivity index (χ1v) is 6.33. The molecular weight excluding hydrogens is 277 g/mol. The molecule has 0 fully saturated rings. The van der Waals surface area contributed by atoms with Gasteiger partial charge in [-0.2, -0.15) is 18.3 Å². The van der Waals surface area contributed by atoms with Crippen LogP contribution in [0.3, 0.4) is 0 Å². The van der Waals surface area contributed by atoms with Crippen molar-refractivity contribution in [2.75, 3.05) is 0 Å². The van der Waals surface area contributed by atoms with Crippen LogP contribution in [0.15, 0.2) is 66.9 Å². The molecule has 5 heteroatoms. The minimum Gasteiger partial charge on any atom is -0.232 e. The van der Waals surface area contributed by atoms with Crippen LogP contribution in [-0.4, -0.2) is 9.78 Å². The predicted octanol–water partition coefficient (Wildman–Crippen LogP) is 4.56. The number of nitrogens with zero attached hydrogens (tertiary/aromatic N) is 2. The molecule has 0 aliphatic heterocycles. The fourth-order valence-electron chi connectivity index (χ4n) is 2.22. The number of rotatable bonds is 2. The van der Waals surface area contributed by atoms with Crippen LogP contribution in [-0.2, 0) is 6.18 Å². The van der Waals surface area contributed by atoms with E-state index in [1.165, 1.54) is 23.0 Å². The largest absolute Gasteiger partial charge is 0.418 e. The molecule has 0 N–H and O–H groups in total. The van der Waals surface area contributed by atoms with Gasteiger partial charge in [0.1, 0.15) is 0 Å². The lowest BCUT2D eigenvalue weighted by Crippen LogP contribution is -2.11. The van der Waals surface area contributed by atoms with Crippen LogP contribution >= 0.6 is 0 Å². The van der Waals surface area contributed by atoms with Gasteiger partial charge < -0.3 is 0 Å². The van der Waals surface area contributed by atoms with Gasteiger partial charge in [-0.25, -0.2) is 4.68 Å². The minimum absolute atomic E-state index is 0.0221. The first kappa shape index (κ1) is 13.4. The molecule has 2 nitrogen and oxygen atoms in total. The van der Waals surface area contributed by atoms with E-state index in [0.29, 0.717) is 5.69 Å². The number of benzene rings is 2. The van der Waals surface area contributed by atoms with Crippen molar-refractivity contribution in [2.45, 2.75) is 6.18 Å². The highest BCUT2D eigenvalue weighted by atomic mass is 19.4. The van der Waals surface area contributed by atoms with E-state index in [4.69, 9.17) is 0 Å². The Hall–Kier alpha value is -2.56. The van der Waals surface area contributed by atoms with E-state index < -0.39 is 11.7 Å². The molecule has 0 saturated carbocycles. The van der Waals surface area contributed by atoms with Crippen molar-refractivity contribution in [2.24, 2.45) is 0 Å². The van der Waals surface area contributed by atoms with Crippen LogP contribution in [0.2, 0.25) is 0 Å². The van der Waals surface area contributed by atoms with E-state index in [0.717, 1.165) is 11.6 Å². The van der Waals surface area contributed by atoms with Crippen molar-refractivity contribution in [1.29, 1.82) is 0 Å². The molecule has 0 radical (unpaired) electrons. The Morgan fingerprint density at radius 1 is 0.810 bits per heavy atom. The Morgan fingerprint density at radius 2 is 1.48 bits per heavy atom. The molecule has 106 valence electrons. The summed E-state index contributed by atoms with van der Waals surface area (Å²) in [5, 5.41) is 4.05. The van der Waals surface area contributed by atoms with Gasteiger partial charge in [0.15, 0.2) is 0 Å². The van der Waals surface area contributed by atoms with Gasteiger partial charge in [0.25, 0.3) is 0 Å². The minimum atomic E-state index is -4.42. The molecule has 2 aromatic carbocycles. The van der Waals surface area contributed by atoms with Gasteiger partial charge in [-0.15, -0.1) is 0 Å². The second-order valence-corrected chi connectivity index (χ2v) is 4.51. The Labute approximate surface area is 119 Å². The topological polar surface area (TPSA) is 17.8 Å². The normalized spacial score (nSPS) is 11.6. The average Bonchev–Trinajstić information content (AvgIpc) is 2.96.